The first kappa shape index (κ1) is 11.7. The zero-order chi connectivity index (χ0) is 14.2. The number of aromatic nitrogens is 3. The number of nitrogens with two attached hydrogens (primary N) is 1. The second-order valence-electron chi connectivity index (χ2n) is 4.73. The third-order valence-corrected chi connectivity index (χ3v) is 3.33. The molecule has 21 heavy (non-hydrogen) atoms. The van der Waals surface area contributed by atoms with Gasteiger partial charge in [-0.05, 0) is 24.3 Å². The van der Waals surface area contributed by atoms with E-state index in [0.29, 0.717) is 17.1 Å². The number of pyridine rings is 1. The molecule has 0 saturated heterocycles. The van der Waals surface area contributed by atoms with Gasteiger partial charge in [-0.15, -0.1) is 0 Å². The Labute approximate surface area is 120 Å². The average molecular weight is 276 g/mol. The molecule has 0 aliphatic carbocycles. The molecule has 3 heterocycles. The van der Waals surface area contributed by atoms with Crippen molar-refractivity contribution in [2.45, 2.75) is 0 Å². The molecule has 0 atom stereocenters. The van der Waals surface area contributed by atoms with Crippen LogP contribution in [0.2, 0.25) is 0 Å². The second-order valence-corrected chi connectivity index (χ2v) is 4.73. The Hall–Kier alpha value is -3.08. The number of nitrogen functional groups attached to an aromatic ring is 1. The maximum absolute atomic E-state index is 6.07. The van der Waals surface area contributed by atoms with E-state index in [1.54, 1.807) is 23.3 Å². The highest BCUT2D eigenvalue weighted by atomic mass is 16.3. The molecule has 1 aromatic carbocycles. The number of para-hydroxylation sites is 1. The van der Waals surface area contributed by atoms with E-state index in [1.165, 1.54) is 0 Å². The molecule has 4 aromatic rings. The molecule has 3 aromatic heterocycles. The Bertz CT molecular complexity index is 875. The minimum absolute atomic E-state index is 0.575. The summed E-state index contributed by atoms with van der Waals surface area (Å²) in [6, 6.07) is 13.5. The molecular weight excluding hydrogens is 264 g/mol. The molecule has 0 fully saturated rings. The van der Waals surface area contributed by atoms with Crippen LogP contribution in [-0.2, 0) is 0 Å². The van der Waals surface area contributed by atoms with Gasteiger partial charge < -0.3 is 10.2 Å². The molecule has 0 aliphatic rings. The first-order valence-corrected chi connectivity index (χ1v) is 6.56. The van der Waals surface area contributed by atoms with Crippen LogP contribution in [-0.4, -0.2) is 14.8 Å². The van der Waals surface area contributed by atoms with Crippen LogP contribution in [0.1, 0.15) is 0 Å². The van der Waals surface area contributed by atoms with Crippen LogP contribution >= 0.6 is 0 Å². The fourth-order valence-corrected chi connectivity index (χ4v) is 2.31. The van der Waals surface area contributed by atoms with E-state index in [1.807, 2.05) is 42.5 Å². The minimum Gasteiger partial charge on any atom is -0.454 e. The zero-order valence-corrected chi connectivity index (χ0v) is 11.1. The number of hydrogen-bond donors (Lipinski definition) is 1. The summed E-state index contributed by atoms with van der Waals surface area (Å²) in [4.78, 5) is 4.00. The SMILES string of the molecule is Nc1cn(-c2ccncc2)nc1-c1cc2ccccc2o1. The Morgan fingerprint density at radius 3 is 2.67 bits per heavy atom. The molecule has 2 N–H and O–H groups in total. The number of hydrogen-bond acceptors (Lipinski definition) is 4. The van der Waals surface area contributed by atoms with Gasteiger partial charge in [-0.25, -0.2) is 4.68 Å². The summed E-state index contributed by atoms with van der Waals surface area (Å²) >= 11 is 0. The quantitative estimate of drug-likeness (QED) is 0.610. The van der Waals surface area contributed by atoms with Crippen LogP contribution in [0.4, 0.5) is 5.69 Å². The molecule has 0 aliphatic heterocycles. The second kappa shape index (κ2) is 4.49. The lowest BCUT2D eigenvalue weighted by Gasteiger charge is -1.98. The zero-order valence-electron chi connectivity index (χ0n) is 11.1. The van der Waals surface area contributed by atoms with Gasteiger partial charge in [0.05, 0.1) is 17.6 Å². The van der Waals surface area contributed by atoms with Gasteiger partial charge in [0.1, 0.15) is 5.58 Å². The van der Waals surface area contributed by atoms with Crippen molar-refractivity contribution >= 4 is 16.7 Å². The number of fused-ring (bicyclic) bond motifs is 1. The van der Waals surface area contributed by atoms with E-state index < -0.39 is 0 Å². The van der Waals surface area contributed by atoms with Gasteiger partial charge in [-0.3, -0.25) is 4.98 Å². The van der Waals surface area contributed by atoms with E-state index >= 15 is 0 Å². The van der Waals surface area contributed by atoms with Crippen LogP contribution in [0.3, 0.4) is 0 Å². The van der Waals surface area contributed by atoms with Crippen molar-refractivity contribution in [3.8, 4) is 17.1 Å². The summed E-state index contributed by atoms with van der Waals surface area (Å²) < 4.78 is 7.54. The van der Waals surface area contributed by atoms with E-state index in [0.717, 1.165) is 16.7 Å². The van der Waals surface area contributed by atoms with Crippen molar-refractivity contribution in [3.05, 3.63) is 61.1 Å². The van der Waals surface area contributed by atoms with Crippen molar-refractivity contribution < 1.29 is 4.42 Å². The molecule has 5 heteroatoms. The Balaban J connectivity index is 1.84. The summed E-state index contributed by atoms with van der Waals surface area (Å²) in [6.45, 7) is 0. The maximum Gasteiger partial charge on any atom is 0.157 e. The predicted molar refractivity (Wildman–Crippen MR) is 81.0 cm³/mol. The van der Waals surface area contributed by atoms with Gasteiger partial charge in [0, 0.05) is 17.8 Å². The third-order valence-electron chi connectivity index (χ3n) is 3.33. The summed E-state index contributed by atoms with van der Waals surface area (Å²) in [6.07, 6.45) is 5.21. The molecule has 0 radical (unpaired) electrons. The molecular formula is C16H12N4O. The standard InChI is InChI=1S/C16H12N4O/c17-13-10-20(12-5-7-18-8-6-12)19-16(13)15-9-11-3-1-2-4-14(11)21-15/h1-10H,17H2. The largest absolute Gasteiger partial charge is 0.454 e. The molecule has 5 nitrogen and oxygen atoms in total. The number of benzene rings is 1. The number of furan rings is 1. The lowest BCUT2D eigenvalue weighted by Crippen LogP contribution is -1.94. The van der Waals surface area contributed by atoms with E-state index in [2.05, 4.69) is 10.1 Å². The first-order chi connectivity index (χ1) is 10.3. The fraction of sp³-hybridized carbons (Fsp3) is 0. The summed E-state index contributed by atoms with van der Waals surface area (Å²) in [5.74, 6) is 0.668. The highest BCUT2D eigenvalue weighted by molar-refractivity contribution is 5.84. The average Bonchev–Trinajstić information content (AvgIpc) is 3.11. The molecule has 0 spiro atoms. The van der Waals surface area contributed by atoms with E-state index in [4.69, 9.17) is 10.2 Å². The summed E-state index contributed by atoms with van der Waals surface area (Å²) in [7, 11) is 0. The van der Waals surface area contributed by atoms with Crippen LogP contribution in [0.25, 0.3) is 28.1 Å². The van der Waals surface area contributed by atoms with Gasteiger partial charge >= 0.3 is 0 Å². The third kappa shape index (κ3) is 1.95. The van der Waals surface area contributed by atoms with Crippen molar-refractivity contribution in [1.82, 2.24) is 14.8 Å². The van der Waals surface area contributed by atoms with Crippen LogP contribution in [0.15, 0.2) is 65.5 Å². The topological polar surface area (TPSA) is 69.9 Å². The molecule has 102 valence electrons. The predicted octanol–water partition coefficient (Wildman–Crippen LogP) is 3.26. The summed E-state index contributed by atoms with van der Waals surface area (Å²) in [5, 5.41) is 5.55. The van der Waals surface area contributed by atoms with Gasteiger partial charge in [-0.1, -0.05) is 18.2 Å². The molecule has 0 amide bonds. The number of nitrogens with zero attached hydrogens (tertiary/aromatic N) is 3. The van der Waals surface area contributed by atoms with Crippen LogP contribution < -0.4 is 5.73 Å². The van der Waals surface area contributed by atoms with E-state index in [9.17, 15) is 0 Å². The fourth-order valence-electron chi connectivity index (χ4n) is 2.31. The van der Waals surface area contributed by atoms with Gasteiger partial charge in [0.15, 0.2) is 11.5 Å². The van der Waals surface area contributed by atoms with Crippen molar-refractivity contribution in [2.24, 2.45) is 0 Å². The normalized spacial score (nSPS) is 11.0. The molecule has 0 unspecified atom stereocenters. The monoisotopic (exact) mass is 276 g/mol. The summed E-state index contributed by atoms with van der Waals surface area (Å²) in [5.41, 5.74) is 9.02. The van der Waals surface area contributed by atoms with Crippen molar-refractivity contribution in [2.75, 3.05) is 5.73 Å². The minimum atomic E-state index is 0.575. The molecule has 0 bridgehead atoms. The highest BCUT2D eigenvalue weighted by Gasteiger charge is 2.14. The highest BCUT2D eigenvalue weighted by Crippen LogP contribution is 2.30. The van der Waals surface area contributed by atoms with Crippen molar-refractivity contribution in [1.29, 1.82) is 0 Å². The lowest BCUT2D eigenvalue weighted by molar-refractivity contribution is 0.627. The Morgan fingerprint density at radius 2 is 1.86 bits per heavy atom. The molecule has 4 rings (SSSR count). The van der Waals surface area contributed by atoms with Crippen LogP contribution in [0, 0.1) is 0 Å². The van der Waals surface area contributed by atoms with Crippen molar-refractivity contribution in [3.63, 3.8) is 0 Å². The van der Waals surface area contributed by atoms with E-state index in [-0.39, 0.29) is 0 Å². The maximum atomic E-state index is 6.07. The Morgan fingerprint density at radius 1 is 1.05 bits per heavy atom. The first-order valence-electron chi connectivity index (χ1n) is 6.56. The lowest BCUT2D eigenvalue weighted by atomic mass is 10.2. The van der Waals surface area contributed by atoms with Gasteiger partial charge in [0.2, 0.25) is 0 Å². The number of anilines is 1. The van der Waals surface area contributed by atoms with Gasteiger partial charge in [-0.2, -0.15) is 5.10 Å². The van der Waals surface area contributed by atoms with Crippen LogP contribution in [0.5, 0.6) is 0 Å². The smallest absolute Gasteiger partial charge is 0.157 e. The Kier molecular flexibility index (Phi) is 2.50. The molecule has 0 saturated carbocycles. The van der Waals surface area contributed by atoms with Gasteiger partial charge in [0.25, 0.3) is 0 Å². The number of rotatable bonds is 2.